The van der Waals surface area contributed by atoms with E-state index in [1.165, 1.54) is 0 Å². The molecule has 7 rings (SSSR count). The van der Waals surface area contributed by atoms with Crippen LogP contribution in [0, 0.1) is 11.8 Å². The molecule has 3 saturated heterocycles. The molecular formula is C43H45N3O5S. The Morgan fingerprint density at radius 1 is 0.904 bits per heavy atom. The number of carbonyl (C=O) groups excluding carboxylic acids is 3. The number of carbonyl (C=O) groups is 3. The summed E-state index contributed by atoms with van der Waals surface area (Å²) in [6.45, 7) is 12.5. The first-order chi connectivity index (χ1) is 25.2. The lowest BCUT2D eigenvalue weighted by molar-refractivity contribution is -0.142. The van der Waals surface area contributed by atoms with Gasteiger partial charge in [0.2, 0.25) is 11.8 Å². The quantitative estimate of drug-likeness (QED) is 0.148. The highest BCUT2D eigenvalue weighted by molar-refractivity contribution is 8.02. The normalized spacial score (nSPS) is 25.1. The fourth-order valence-corrected chi connectivity index (χ4v) is 11.2. The van der Waals surface area contributed by atoms with Gasteiger partial charge in [-0.1, -0.05) is 72.8 Å². The van der Waals surface area contributed by atoms with E-state index in [0.29, 0.717) is 36.6 Å². The zero-order valence-electron chi connectivity index (χ0n) is 29.7. The molecule has 268 valence electrons. The third kappa shape index (κ3) is 5.80. The first-order valence-electron chi connectivity index (χ1n) is 18.0. The topological polar surface area (TPSA) is 90.4 Å². The number of aliphatic hydroxyl groups is 1. The number of hydrogen-bond acceptors (Lipinski definition) is 6. The van der Waals surface area contributed by atoms with Crippen LogP contribution in [0.5, 0.6) is 5.75 Å². The van der Waals surface area contributed by atoms with E-state index in [2.05, 4.69) is 20.1 Å². The Morgan fingerprint density at radius 3 is 2.19 bits per heavy atom. The Labute approximate surface area is 309 Å². The molecule has 4 aromatic rings. The fraction of sp³-hybridized carbons (Fsp3) is 0.326. The van der Waals surface area contributed by atoms with E-state index in [-0.39, 0.29) is 37.4 Å². The molecule has 0 aliphatic carbocycles. The predicted molar refractivity (Wildman–Crippen MR) is 209 cm³/mol. The molecule has 3 amide bonds. The van der Waals surface area contributed by atoms with Gasteiger partial charge in [0, 0.05) is 29.2 Å². The minimum Gasteiger partial charge on any atom is -0.494 e. The summed E-state index contributed by atoms with van der Waals surface area (Å²) in [6.07, 6.45) is 4.63. The van der Waals surface area contributed by atoms with Crippen LogP contribution in [0.2, 0.25) is 0 Å². The van der Waals surface area contributed by atoms with Gasteiger partial charge in [0.25, 0.3) is 5.91 Å². The minimum atomic E-state index is -0.947. The number of amides is 3. The number of benzene rings is 4. The molecule has 8 nitrogen and oxygen atoms in total. The van der Waals surface area contributed by atoms with Gasteiger partial charge in [-0.25, -0.2) is 0 Å². The van der Waals surface area contributed by atoms with Crippen molar-refractivity contribution in [2.45, 2.75) is 48.3 Å². The number of nitrogens with zero attached hydrogens (tertiary/aromatic N) is 3. The molecule has 3 aliphatic rings. The summed E-state index contributed by atoms with van der Waals surface area (Å²) in [7, 11) is 0. The number of likely N-dealkylation sites (tertiary alicyclic amines) is 1. The number of ether oxygens (including phenoxy) is 1. The van der Waals surface area contributed by atoms with E-state index in [0.717, 1.165) is 16.3 Å². The van der Waals surface area contributed by atoms with E-state index in [9.17, 15) is 5.11 Å². The van der Waals surface area contributed by atoms with Crippen molar-refractivity contribution < 1.29 is 24.2 Å². The van der Waals surface area contributed by atoms with Gasteiger partial charge >= 0.3 is 0 Å². The largest absolute Gasteiger partial charge is 0.494 e. The molecule has 6 atom stereocenters. The molecule has 0 aromatic heterocycles. The zero-order valence-corrected chi connectivity index (χ0v) is 30.5. The smallest absolute Gasteiger partial charge is 0.251 e. The second kappa shape index (κ2) is 14.3. The van der Waals surface area contributed by atoms with Crippen molar-refractivity contribution in [1.82, 2.24) is 4.90 Å². The van der Waals surface area contributed by atoms with Gasteiger partial charge in [-0.15, -0.1) is 24.9 Å². The fourth-order valence-electron chi connectivity index (χ4n) is 8.84. The Hall–Kier alpha value is -4.86. The zero-order chi connectivity index (χ0) is 36.6. The first kappa shape index (κ1) is 35.5. The highest BCUT2D eigenvalue weighted by atomic mass is 32.2. The summed E-state index contributed by atoms with van der Waals surface area (Å²) >= 11 is 1.62. The lowest BCUT2D eigenvalue weighted by Crippen LogP contribution is -2.56. The molecule has 3 aliphatic heterocycles. The first-order valence-corrected chi connectivity index (χ1v) is 18.8. The molecule has 9 heteroatoms. The maximum atomic E-state index is 15.4. The van der Waals surface area contributed by atoms with Crippen LogP contribution in [-0.2, 0) is 14.4 Å². The number of anilines is 2. The Bertz CT molecular complexity index is 2000. The molecule has 2 unspecified atom stereocenters. The summed E-state index contributed by atoms with van der Waals surface area (Å²) in [5, 5.41) is 13.1. The van der Waals surface area contributed by atoms with Gasteiger partial charge in [0.15, 0.2) is 0 Å². The average molecular weight is 716 g/mol. The molecular weight excluding hydrogens is 671 g/mol. The maximum Gasteiger partial charge on any atom is 0.251 e. The summed E-state index contributed by atoms with van der Waals surface area (Å²) < 4.78 is 4.15. The number of rotatable bonds is 13. The molecule has 3 fully saturated rings. The highest BCUT2D eigenvalue weighted by Gasteiger charge is 2.78. The van der Waals surface area contributed by atoms with Crippen molar-refractivity contribution in [2.24, 2.45) is 11.8 Å². The molecule has 52 heavy (non-hydrogen) atoms. The standard InChI is InChI=1S/C43H45N3O5S/c1-5-25-44(32-19-21-34(22-20-32)51-7-3)39(48)36-37-40(49)46(35(28-47)30-14-9-8-10-15-30)38(43(37)24-23-42(36,4)52-43)41(50)45(26-6-2)33-18-17-29-13-11-12-16-31(29)27-33/h5-6,8-22,27,35-38,47H,1-2,7,23-26,28H2,3-4H3/t35-,36-,37+,38?,42+,43?/m1/s1. The SMILES string of the molecule is C=CCN(C(=O)C1N([C@H](CO)c2ccccc2)C(=O)[C@@H]2[C@H](C(=O)N(CC=C)c3ccc(OCC)cc3)[C@]3(C)CCC12S3)c1ccc2ccccc2c1. The van der Waals surface area contributed by atoms with E-state index < -0.39 is 33.4 Å². The van der Waals surface area contributed by atoms with Gasteiger partial charge in [-0.2, -0.15) is 0 Å². The van der Waals surface area contributed by atoms with Crippen molar-refractivity contribution in [3.63, 3.8) is 0 Å². The number of thioether (sulfide) groups is 1. The second-order valence-corrected chi connectivity index (χ2v) is 15.9. The monoisotopic (exact) mass is 715 g/mol. The third-order valence-electron chi connectivity index (χ3n) is 11.1. The Kier molecular flexibility index (Phi) is 9.76. The van der Waals surface area contributed by atoms with Crippen LogP contribution in [0.15, 0.2) is 122 Å². The van der Waals surface area contributed by atoms with Crippen LogP contribution in [0.25, 0.3) is 10.8 Å². The van der Waals surface area contributed by atoms with E-state index >= 15 is 14.4 Å². The van der Waals surface area contributed by atoms with Gasteiger partial charge < -0.3 is 24.5 Å². The maximum absolute atomic E-state index is 15.4. The second-order valence-electron chi connectivity index (χ2n) is 14.0. The summed E-state index contributed by atoms with van der Waals surface area (Å²) in [4.78, 5) is 50.7. The van der Waals surface area contributed by atoms with Crippen molar-refractivity contribution in [1.29, 1.82) is 0 Å². The number of fused-ring (bicyclic) bond motifs is 2. The molecule has 3 heterocycles. The van der Waals surface area contributed by atoms with E-state index in [1.54, 1.807) is 38.6 Å². The number of aliphatic hydroxyl groups excluding tert-OH is 1. The molecule has 0 radical (unpaired) electrons. The highest BCUT2D eigenvalue weighted by Crippen LogP contribution is 2.72. The van der Waals surface area contributed by atoms with Gasteiger partial charge in [0.05, 0.1) is 35.8 Å². The van der Waals surface area contributed by atoms with E-state index in [4.69, 9.17) is 4.74 Å². The molecule has 0 saturated carbocycles. The van der Waals surface area contributed by atoms with Crippen LogP contribution in [0.1, 0.15) is 38.3 Å². The lowest BCUT2D eigenvalue weighted by atomic mass is 9.66. The van der Waals surface area contributed by atoms with Crippen molar-refractivity contribution in [3.8, 4) is 5.75 Å². The van der Waals surface area contributed by atoms with Gasteiger partial charge in [-0.3, -0.25) is 14.4 Å². The predicted octanol–water partition coefficient (Wildman–Crippen LogP) is 7.19. The van der Waals surface area contributed by atoms with Crippen molar-refractivity contribution >= 4 is 51.6 Å². The molecule has 1 spiro atoms. The van der Waals surface area contributed by atoms with Crippen molar-refractivity contribution in [3.05, 3.63) is 128 Å². The van der Waals surface area contributed by atoms with Crippen LogP contribution in [0.4, 0.5) is 11.4 Å². The van der Waals surface area contributed by atoms with E-state index in [1.807, 2.05) is 104 Å². The summed E-state index contributed by atoms with van der Waals surface area (Å²) in [5.74, 6) is -1.50. The van der Waals surface area contributed by atoms with Crippen LogP contribution >= 0.6 is 11.8 Å². The number of hydrogen-bond donors (Lipinski definition) is 1. The van der Waals surface area contributed by atoms with Crippen molar-refractivity contribution in [2.75, 3.05) is 36.1 Å². The summed E-state index contributed by atoms with van der Waals surface area (Å²) in [6, 6.07) is 28.9. The Morgan fingerprint density at radius 2 is 1.54 bits per heavy atom. The van der Waals surface area contributed by atoms with Crippen LogP contribution in [-0.4, -0.2) is 69.6 Å². The third-order valence-corrected chi connectivity index (χ3v) is 13.1. The van der Waals surface area contributed by atoms with Gasteiger partial charge in [-0.05, 0) is 79.4 Å². The Balaban J connectivity index is 1.35. The minimum absolute atomic E-state index is 0.176. The summed E-state index contributed by atoms with van der Waals surface area (Å²) in [5.41, 5.74) is 2.10. The van der Waals surface area contributed by atoms with Crippen LogP contribution < -0.4 is 14.5 Å². The molecule has 4 aromatic carbocycles. The molecule has 1 N–H and O–H groups in total. The lowest BCUT2D eigenvalue weighted by Gasteiger charge is -2.39. The van der Waals surface area contributed by atoms with Crippen LogP contribution in [0.3, 0.4) is 0 Å². The van der Waals surface area contributed by atoms with Gasteiger partial charge in [0.1, 0.15) is 11.8 Å². The average Bonchev–Trinajstić information content (AvgIpc) is 3.74. The molecule has 2 bridgehead atoms.